The molecule has 0 amide bonds. The smallest absolute Gasteiger partial charge is 0.0725 e. The van der Waals surface area contributed by atoms with E-state index < -0.39 is 0 Å². The van der Waals surface area contributed by atoms with E-state index >= 15 is 0 Å². The van der Waals surface area contributed by atoms with Gasteiger partial charge >= 0.3 is 0 Å². The zero-order valence-electron chi connectivity index (χ0n) is 8.05. The topological polar surface area (TPSA) is 15.3 Å². The third-order valence-corrected chi connectivity index (χ3v) is 2.31. The molecule has 0 saturated carbocycles. The Labute approximate surface area is 84.6 Å². The number of para-hydroxylation sites is 2. The van der Waals surface area contributed by atoms with Crippen LogP contribution in [-0.4, -0.2) is 13.1 Å². The molecule has 1 N–H and O–H groups in total. The standard InChI is InChI=1S/C10H15ClN2/c1-3-13(4-2)10-8-6-5-7-9(10)12-11/h5-8,12H,3-4H2,1-2H3. The Morgan fingerprint density at radius 1 is 1.23 bits per heavy atom. The van der Waals surface area contributed by atoms with E-state index in [0.717, 1.165) is 24.5 Å². The van der Waals surface area contributed by atoms with Crippen LogP contribution < -0.4 is 9.74 Å². The van der Waals surface area contributed by atoms with Crippen molar-refractivity contribution in [2.45, 2.75) is 13.8 Å². The van der Waals surface area contributed by atoms with Crippen LogP contribution in [0.5, 0.6) is 0 Å². The molecule has 2 nitrogen and oxygen atoms in total. The first-order valence-electron chi connectivity index (χ1n) is 4.54. The van der Waals surface area contributed by atoms with Gasteiger partial charge in [-0.25, -0.2) is 0 Å². The average Bonchev–Trinajstić information content (AvgIpc) is 2.20. The van der Waals surface area contributed by atoms with Crippen molar-refractivity contribution in [3.63, 3.8) is 0 Å². The van der Waals surface area contributed by atoms with Gasteiger partial charge in [-0.15, -0.1) is 0 Å². The summed E-state index contributed by atoms with van der Waals surface area (Å²) < 4.78 is 0. The molecule has 72 valence electrons. The first-order chi connectivity index (χ1) is 6.33. The molecule has 3 heteroatoms. The fourth-order valence-corrected chi connectivity index (χ4v) is 1.55. The lowest BCUT2D eigenvalue weighted by molar-refractivity contribution is 0.868. The molecule has 0 bridgehead atoms. The van der Waals surface area contributed by atoms with E-state index in [1.807, 2.05) is 18.2 Å². The molecule has 0 aliphatic rings. The summed E-state index contributed by atoms with van der Waals surface area (Å²) in [6.45, 7) is 6.25. The van der Waals surface area contributed by atoms with Crippen LogP contribution in [-0.2, 0) is 0 Å². The van der Waals surface area contributed by atoms with E-state index in [2.05, 4.69) is 29.6 Å². The van der Waals surface area contributed by atoms with Crippen molar-refractivity contribution < 1.29 is 0 Å². The summed E-state index contributed by atoms with van der Waals surface area (Å²) in [6, 6.07) is 8.03. The number of benzene rings is 1. The van der Waals surface area contributed by atoms with Gasteiger partial charge in [0.25, 0.3) is 0 Å². The lowest BCUT2D eigenvalue weighted by Crippen LogP contribution is -2.22. The van der Waals surface area contributed by atoms with Gasteiger partial charge in [-0.1, -0.05) is 12.1 Å². The third kappa shape index (κ3) is 2.28. The molecular weight excluding hydrogens is 184 g/mol. The maximum Gasteiger partial charge on any atom is 0.0725 e. The summed E-state index contributed by atoms with van der Waals surface area (Å²) in [4.78, 5) is 4.93. The highest BCUT2D eigenvalue weighted by Gasteiger charge is 2.05. The van der Waals surface area contributed by atoms with Gasteiger partial charge in [-0.05, 0) is 26.0 Å². The van der Waals surface area contributed by atoms with Gasteiger partial charge in [0.2, 0.25) is 0 Å². The normalized spacial score (nSPS) is 9.77. The average molecular weight is 199 g/mol. The van der Waals surface area contributed by atoms with Crippen molar-refractivity contribution in [2.75, 3.05) is 22.8 Å². The van der Waals surface area contributed by atoms with Crippen LogP contribution in [0.3, 0.4) is 0 Å². The molecule has 0 aromatic heterocycles. The van der Waals surface area contributed by atoms with Crippen LogP contribution >= 0.6 is 11.8 Å². The lowest BCUT2D eigenvalue weighted by atomic mass is 10.2. The highest BCUT2D eigenvalue weighted by Crippen LogP contribution is 2.25. The Bertz CT molecular complexity index is 259. The number of halogens is 1. The zero-order valence-corrected chi connectivity index (χ0v) is 8.80. The second-order valence-electron chi connectivity index (χ2n) is 2.78. The van der Waals surface area contributed by atoms with Crippen molar-refractivity contribution in [3.8, 4) is 0 Å². The van der Waals surface area contributed by atoms with Gasteiger partial charge in [-0.2, -0.15) is 0 Å². The number of anilines is 2. The Balaban J connectivity index is 2.96. The summed E-state index contributed by atoms with van der Waals surface area (Å²) in [7, 11) is 0. The van der Waals surface area contributed by atoms with E-state index in [1.165, 1.54) is 0 Å². The molecule has 0 fully saturated rings. The second-order valence-corrected chi connectivity index (χ2v) is 2.97. The minimum absolute atomic E-state index is 0.966. The fourth-order valence-electron chi connectivity index (χ4n) is 1.39. The Hall–Kier alpha value is -0.890. The van der Waals surface area contributed by atoms with Crippen LogP contribution in [0.4, 0.5) is 11.4 Å². The number of hydrogen-bond acceptors (Lipinski definition) is 2. The summed E-state index contributed by atoms with van der Waals surface area (Å²) in [5.41, 5.74) is 2.12. The third-order valence-electron chi connectivity index (χ3n) is 2.11. The van der Waals surface area contributed by atoms with E-state index in [4.69, 9.17) is 11.8 Å². The minimum Gasteiger partial charge on any atom is -0.370 e. The minimum atomic E-state index is 0.966. The molecule has 1 aromatic rings. The first-order valence-corrected chi connectivity index (χ1v) is 4.91. The number of nitrogens with one attached hydrogen (secondary N) is 1. The Morgan fingerprint density at radius 2 is 1.85 bits per heavy atom. The summed E-state index contributed by atoms with van der Waals surface area (Å²) in [5, 5.41) is 0. The van der Waals surface area contributed by atoms with Crippen LogP contribution in [0.2, 0.25) is 0 Å². The largest absolute Gasteiger partial charge is 0.370 e. The van der Waals surface area contributed by atoms with Crippen molar-refractivity contribution in [1.29, 1.82) is 0 Å². The molecule has 0 saturated heterocycles. The highest BCUT2D eigenvalue weighted by atomic mass is 35.5. The fraction of sp³-hybridized carbons (Fsp3) is 0.400. The monoisotopic (exact) mass is 198 g/mol. The van der Waals surface area contributed by atoms with Gasteiger partial charge < -0.3 is 4.90 Å². The predicted molar refractivity (Wildman–Crippen MR) is 59.5 cm³/mol. The second kappa shape index (κ2) is 4.97. The summed E-state index contributed by atoms with van der Waals surface area (Å²) in [6.07, 6.45) is 0. The molecule has 0 aliphatic heterocycles. The van der Waals surface area contributed by atoms with Crippen molar-refractivity contribution in [3.05, 3.63) is 24.3 Å². The van der Waals surface area contributed by atoms with Gasteiger partial charge in [-0.3, -0.25) is 4.84 Å². The van der Waals surface area contributed by atoms with Crippen LogP contribution in [0.1, 0.15) is 13.8 Å². The van der Waals surface area contributed by atoms with Crippen LogP contribution in [0, 0.1) is 0 Å². The first kappa shape index (κ1) is 10.2. The van der Waals surface area contributed by atoms with Crippen LogP contribution in [0.25, 0.3) is 0 Å². The van der Waals surface area contributed by atoms with Gasteiger partial charge in [0.15, 0.2) is 0 Å². The van der Waals surface area contributed by atoms with E-state index in [-0.39, 0.29) is 0 Å². The Morgan fingerprint density at radius 3 is 2.38 bits per heavy atom. The van der Waals surface area contributed by atoms with Crippen molar-refractivity contribution in [1.82, 2.24) is 0 Å². The number of hydrogen-bond donors (Lipinski definition) is 1. The molecular formula is C10H15ClN2. The lowest BCUT2D eigenvalue weighted by Gasteiger charge is -2.23. The predicted octanol–water partition coefficient (Wildman–Crippen LogP) is 3.10. The maximum absolute atomic E-state index is 5.61. The molecule has 0 atom stereocenters. The summed E-state index contributed by atoms with van der Waals surface area (Å²) in [5.74, 6) is 0. The maximum atomic E-state index is 5.61. The van der Waals surface area contributed by atoms with Crippen molar-refractivity contribution >= 4 is 23.2 Å². The van der Waals surface area contributed by atoms with Gasteiger partial charge in [0.05, 0.1) is 11.4 Å². The number of rotatable bonds is 4. The SMILES string of the molecule is CCN(CC)c1ccccc1NCl. The Kier molecular flexibility index (Phi) is 3.90. The molecule has 13 heavy (non-hydrogen) atoms. The van der Waals surface area contributed by atoms with Gasteiger partial charge in [0.1, 0.15) is 0 Å². The zero-order chi connectivity index (χ0) is 9.68. The molecule has 0 aliphatic carbocycles. The van der Waals surface area contributed by atoms with Crippen molar-refractivity contribution in [2.24, 2.45) is 0 Å². The van der Waals surface area contributed by atoms with E-state index in [0.29, 0.717) is 0 Å². The van der Waals surface area contributed by atoms with E-state index in [9.17, 15) is 0 Å². The molecule has 0 heterocycles. The summed E-state index contributed by atoms with van der Waals surface area (Å²) >= 11 is 5.61. The molecule has 0 unspecified atom stereocenters. The quantitative estimate of drug-likeness (QED) is 0.748. The molecule has 0 radical (unpaired) electrons. The van der Waals surface area contributed by atoms with E-state index in [1.54, 1.807) is 0 Å². The molecule has 1 rings (SSSR count). The van der Waals surface area contributed by atoms with Gasteiger partial charge in [0, 0.05) is 24.9 Å². The number of nitrogens with zero attached hydrogens (tertiary/aromatic N) is 1. The highest BCUT2D eigenvalue weighted by molar-refractivity contribution is 6.24. The molecule has 0 spiro atoms. The van der Waals surface area contributed by atoms with Crippen LogP contribution in [0.15, 0.2) is 24.3 Å². The molecule has 1 aromatic carbocycles.